The van der Waals surface area contributed by atoms with Gasteiger partial charge in [0.25, 0.3) is 11.5 Å². The number of aromatic nitrogens is 2. The summed E-state index contributed by atoms with van der Waals surface area (Å²) in [4.78, 5) is 42.7. The molecule has 18 heteroatoms. The van der Waals surface area contributed by atoms with Crippen molar-refractivity contribution < 1.29 is 42.5 Å². The van der Waals surface area contributed by atoms with E-state index in [0.29, 0.717) is 95.9 Å². The molecule has 74 heavy (non-hydrogen) atoms. The Kier molecular flexibility index (Phi) is 15.0. The summed E-state index contributed by atoms with van der Waals surface area (Å²) in [6.07, 6.45) is 4.87. The monoisotopic (exact) mass is 1030 g/mol. The van der Waals surface area contributed by atoms with Gasteiger partial charge >= 0.3 is 13.3 Å². The van der Waals surface area contributed by atoms with Crippen LogP contribution in [0, 0.1) is 6.92 Å². The number of nitrogens with one attached hydrogen (secondary N) is 2. The molecule has 3 atom stereocenters. The maximum Gasteiger partial charge on any atom is 0.464 e. The summed E-state index contributed by atoms with van der Waals surface area (Å²) < 4.78 is 58.3. The standard InChI is InChI=1S/C56H65N6O11P/c1-39-37-59(54(65)62(52(39)63)53(64)40-16-6-4-7-17-40)51-36-55(66,74(67,72-48-22-14-34-60-46(48)20-10-12-32-57-60)73-49-23-15-35-61-47(49)21-11-13-33-58-61)50(71-51)38-70-56(41-18-8-5-9-19-41,42-24-28-44(68-2)29-25-42)43-26-30-45(69-3)31-27-43/h4-9,16-19,24-31,37,50-51,57-58,66H,10-15,20-23,32-36,38H2,1-3H3/t50-,51-,55-/m1/s1. The SMILES string of the molecule is COc1ccc(C(OC[C@H]2O[C@@H](n3cc(C)c(=O)n(C(=O)c4ccccc4)c3=O)C[C@@]2(O)P(=O)(OC2=C3CCCCNN3CCC2)OC2=C3CCCCNN3CCC2)(c2ccccc2)c2ccc(OC)cc2)cc1. The van der Waals surface area contributed by atoms with Crippen molar-refractivity contribution in [2.24, 2.45) is 0 Å². The molecule has 3 N–H and O–H groups in total. The van der Waals surface area contributed by atoms with Gasteiger partial charge in [-0.3, -0.25) is 14.2 Å². The molecule has 390 valence electrons. The molecule has 3 fully saturated rings. The van der Waals surface area contributed by atoms with Gasteiger partial charge in [0.05, 0.1) is 32.2 Å². The van der Waals surface area contributed by atoms with Crippen LogP contribution in [0.1, 0.15) is 109 Å². The molecule has 0 spiro atoms. The highest BCUT2D eigenvalue weighted by molar-refractivity contribution is 7.55. The van der Waals surface area contributed by atoms with E-state index in [1.165, 1.54) is 25.3 Å². The molecule has 4 aromatic carbocycles. The van der Waals surface area contributed by atoms with Crippen molar-refractivity contribution in [2.75, 3.05) is 47.0 Å². The van der Waals surface area contributed by atoms with Gasteiger partial charge in [0, 0.05) is 62.8 Å². The molecule has 5 aliphatic rings. The first-order valence-corrected chi connectivity index (χ1v) is 27.3. The van der Waals surface area contributed by atoms with Crippen LogP contribution in [0.15, 0.2) is 148 Å². The normalized spacial score (nSPS) is 21.6. The fourth-order valence-corrected chi connectivity index (χ4v) is 13.1. The predicted molar refractivity (Wildman–Crippen MR) is 277 cm³/mol. The van der Waals surface area contributed by atoms with Gasteiger partial charge in [-0.2, -0.15) is 4.57 Å². The van der Waals surface area contributed by atoms with Gasteiger partial charge in [-0.05, 0) is 111 Å². The Labute approximate surface area is 430 Å². The molecule has 5 aliphatic heterocycles. The van der Waals surface area contributed by atoms with Crippen molar-refractivity contribution >= 4 is 13.5 Å². The number of aryl methyl sites for hydroxylation is 1. The number of hydrazine groups is 2. The highest BCUT2D eigenvalue weighted by atomic mass is 31.2. The summed E-state index contributed by atoms with van der Waals surface area (Å²) in [5.41, 5.74) is 7.70. The molecular weight excluding hydrogens is 964 g/mol. The number of methoxy groups -OCH3 is 2. The average Bonchev–Trinajstić information content (AvgIpc) is 3.61. The van der Waals surface area contributed by atoms with E-state index in [2.05, 4.69) is 20.9 Å². The van der Waals surface area contributed by atoms with E-state index in [9.17, 15) is 19.5 Å². The van der Waals surface area contributed by atoms with E-state index in [1.807, 2.05) is 78.9 Å². The van der Waals surface area contributed by atoms with Crippen LogP contribution in [-0.4, -0.2) is 88.6 Å². The van der Waals surface area contributed by atoms with Crippen molar-refractivity contribution in [3.05, 3.63) is 187 Å². The largest absolute Gasteiger partial charge is 0.497 e. The summed E-state index contributed by atoms with van der Waals surface area (Å²) in [7, 11) is -1.79. The first kappa shape index (κ1) is 51.0. The number of allylic oxidation sites excluding steroid dienone is 4. The first-order valence-electron chi connectivity index (χ1n) is 25.7. The molecule has 0 bridgehead atoms. The highest BCUT2D eigenvalue weighted by Crippen LogP contribution is 2.69. The number of ether oxygens (including phenoxy) is 4. The third-order valence-corrected chi connectivity index (χ3v) is 17.2. The second-order valence-corrected chi connectivity index (χ2v) is 21.6. The lowest BCUT2D eigenvalue weighted by molar-refractivity contribution is -0.106. The number of carbonyl (C=O) groups is 1. The van der Waals surface area contributed by atoms with E-state index < -0.39 is 61.1 Å². The van der Waals surface area contributed by atoms with Crippen LogP contribution < -0.4 is 31.6 Å². The smallest absolute Gasteiger partial charge is 0.464 e. The number of hydrogen-bond donors (Lipinski definition) is 3. The van der Waals surface area contributed by atoms with Crippen LogP contribution in [0.2, 0.25) is 0 Å². The average molecular weight is 1030 g/mol. The molecule has 0 amide bonds. The lowest BCUT2D eigenvalue weighted by Gasteiger charge is -2.41. The van der Waals surface area contributed by atoms with Gasteiger partial charge in [-0.25, -0.2) is 20.2 Å². The predicted octanol–water partition coefficient (Wildman–Crippen LogP) is 8.23. The number of aliphatic hydroxyl groups is 1. The van der Waals surface area contributed by atoms with Crippen molar-refractivity contribution in [1.29, 1.82) is 0 Å². The highest BCUT2D eigenvalue weighted by Gasteiger charge is 2.65. The maximum absolute atomic E-state index is 17.0. The second-order valence-electron chi connectivity index (χ2n) is 19.5. The molecular formula is C56H65N6O11P. The Balaban J connectivity index is 1.16. The third kappa shape index (κ3) is 9.73. The minimum Gasteiger partial charge on any atom is -0.497 e. The summed E-state index contributed by atoms with van der Waals surface area (Å²) >= 11 is 0. The van der Waals surface area contributed by atoms with Gasteiger partial charge in [0.1, 0.15) is 41.0 Å². The van der Waals surface area contributed by atoms with Crippen molar-refractivity contribution in [3.63, 3.8) is 0 Å². The van der Waals surface area contributed by atoms with Crippen LogP contribution in [-0.2, 0) is 28.7 Å². The van der Waals surface area contributed by atoms with Crippen LogP contribution in [0.5, 0.6) is 11.5 Å². The van der Waals surface area contributed by atoms with Crippen molar-refractivity contribution in [3.8, 4) is 11.5 Å². The zero-order valence-corrected chi connectivity index (χ0v) is 43.1. The fourth-order valence-electron chi connectivity index (χ4n) is 10.9. The maximum atomic E-state index is 17.0. The Hall–Kier alpha value is -6.46. The van der Waals surface area contributed by atoms with E-state index in [4.69, 9.17) is 28.0 Å². The Bertz CT molecular complexity index is 2950. The lowest BCUT2D eigenvalue weighted by atomic mass is 9.80. The van der Waals surface area contributed by atoms with Crippen molar-refractivity contribution in [1.82, 2.24) is 30.0 Å². The summed E-state index contributed by atoms with van der Waals surface area (Å²) in [6, 6.07) is 32.6. The fraction of sp³-hybridized carbons (Fsp3) is 0.411. The molecule has 17 nitrogen and oxygen atoms in total. The summed E-state index contributed by atoms with van der Waals surface area (Å²) in [5.74, 6) is 1.27. The molecule has 10 rings (SSSR count). The van der Waals surface area contributed by atoms with Gasteiger partial charge in [-0.1, -0.05) is 72.8 Å². The molecule has 0 aliphatic carbocycles. The minimum absolute atomic E-state index is 0.0590. The molecule has 3 saturated heterocycles. The van der Waals surface area contributed by atoms with Gasteiger partial charge in [-0.15, -0.1) is 0 Å². The lowest BCUT2D eigenvalue weighted by Crippen LogP contribution is -2.46. The number of nitrogens with zero attached hydrogens (tertiary/aromatic N) is 4. The van der Waals surface area contributed by atoms with Crippen LogP contribution in [0.3, 0.4) is 0 Å². The van der Waals surface area contributed by atoms with Gasteiger partial charge < -0.3 is 43.1 Å². The Morgan fingerprint density at radius 3 is 1.76 bits per heavy atom. The van der Waals surface area contributed by atoms with E-state index >= 15 is 4.57 Å². The number of rotatable bonds is 15. The number of fused-ring (bicyclic) bond motifs is 2. The quantitative estimate of drug-likeness (QED) is 0.0673. The van der Waals surface area contributed by atoms with Gasteiger partial charge in [0.2, 0.25) is 5.34 Å². The molecule has 0 saturated carbocycles. The zero-order valence-electron chi connectivity index (χ0n) is 42.2. The summed E-state index contributed by atoms with van der Waals surface area (Å²) in [6.45, 7) is 4.00. The molecule has 0 radical (unpaired) electrons. The van der Waals surface area contributed by atoms with Crippen LogP contribution in [0.25, 0.3) is 0 Å². The molecule has 0 unspecified atom stereocenters. The topological polar surface area (TPSA) is 184 Å². The summed E-state index contributed by atoms with van der Waals surface area (Å²) in [5, 5.41) is 15.6. The van der Waals surface area contributed by atoms with Crippen molar-refractivity contribution in [2.45, 2.75) is 101 Å². The first-order chi connectivity index (χ1) is 36.0. The number of benzene rings is 4. The Morgan fingerprint density at radius 1 is 0.716 bits per heavy atom. The van der Waals surface area contributed by atoms with Crippen LogP contribution >= 0.6 is 7.60 Å². The second kappa shape index (κ2) is 21.8. The molecule has 1 aromatic heterocycles. The van der Waals surface area contributed by atoms with E-state index in [-0.39, 0.29) is 11.1 Å². The molecule has 6 heterocycles. The van der Waals surface area contributed by atoms with Gasteiger partial charge in [0.15, 0.2) is 0 Å². The number of hydrogen-bond acceptors (Lipinski definition) is 15. The minimum atomic E-state index is -4.98. The zero-order chi connectivity index (χ0) is 51.5. The van der Waals surface area contributed by atoms with Crippen LogP contribution in [0.4, 0.5) is 0 Å². The molecule has 5 aromatic rings. The third-order valence-electron chi connectivity index (χ3n) is 14.8. The number of carbonyl (C=O) groups excluding carboxylic acids is 1. The van der Waals surface area contributed by atoms with E-state index in [1.54, 1.807) is 32.4 Å². The van der Waals surface area contributed by atoms with E-state index in [0.717, 1.165) is 54.7 Å². The Morgan fingerprint density at radius 2 is 1.23 bits per heavy atom.